The molecular formula is C12H14Cl2N2O. The molecule has 0 aliphatic carbocycles. The van der Waals surface area contributed by atoms with Gasteiger partial charge in [-0.05, 0) is 25.1 Å². The van der Waals surface area contributed by atoms with Gasteiger partial charge < -0.3 is 9.73 Å². The molecule has 2 aromatic heterocycles. The first kappa shape index (κ1) is 14.0. The fourth-order valence-electron chi connectivity index (χ4n) is 1.45. The molecule has 2 heterocycles. The molecule has 0 aromatic carbocycles. The Labute approximate surface area is 112 Å². The van der Waals surface area contributed by atoms with Crippen molar-refractivity contribution in [1.29, 1.82) is 0 Å². The normalized spacial score (nSPS) is 11.9. The molecule has 5 heteroatoms. The minimum atomic E-state index is 0. The van der Waals surface area contributed by atoms with E-state index in [4.69, 9.17) is 16.0 Å². The highest BCUT2D eigenvalue weighted by Gasteiger charge is 2.08. The third-order valence-electron chi connectivity index (χ3n) is 2.40. The molecule has 1 atom stereocenters. The Morgan fingerprint density at radius 3 is 2.88 bits per heavy atom. The molecule has 2 aromatic rings. The summed E-state index contributed by atoms with van der Waals surface area (Å²) in [5.41, 5.74) is 0.988. The molecule has 1 N–H and O–H groups in total. The van der Waals surface area contributed by atoms with Crippen LogP contribution in [0, 0.1) is 0 Å². The quantitative estimate of drug-likeness (QED) is 0.865. The van der Waals surface area contributed by atoms with Crippen molar-refractivity contribution >= 4 is 24.0 Å². The van der Waals surface area contributed by atoms with Gasteiger partial charge in [-0.2, -0.15) is 0 Å². The predicted octanol–water partition coefficient (Wildman–Crippen LogP) is 3.60. The maximum atomic E-state index is 5.96. The lowest BCUT2D eigenvalue weighted by Gasteiger charge is -2.11. The van der Waals surface area contributed by atoms with Gasteiger partial charge in [0, 0.05) is 18.3 Å². The smallest absolute Gasteiger partial charge is 0.133 e. The standard InChI is InChI=1S/C12H13ClN2O.ClH/c1-9(11-5-3-7-16-11)15-8-10-4-2-6-14-12(10)13;/h2-7,9,15H,8H2,1H3;1H. The Kier molecular flexibility index (Phi) is 5.48. The van der Waals surface area contributed by atoms with Crippen molar-refractivity contribution in [3.8, 4) is 0 Å². The summed E-state index contributed by atoms with van der Waals surface area (Å²) < 4.78 is 5.30. The Balaban J connectivity index is 0.00000144. The summed E-state index contributed by atoms with van der Waals surface area (Å²) in [5, 5.41) is 3.87. The SMILES string of the molecule is CC(NCc1cccnc1Cl)c1ccco1.Cl. The van der Waals surface area contributed by atoms with Crippen LogP contribution in [0.15, 0.2) is 41.1 Å². The third kappa shape index (κ3) is 3.73. The van der Waals surface area contributed by atoms with Gasteiger partial charge in [0.2, 0.25) is 0 Å². The van der Waals surface area contributed by atoms with Crippen LogP contribution in [0.25, 0.3) is 0 Å². The molecule has 2 rings (SSSR count). The number of hydrogen-bond donors (Lipinski definition) is 1. The number of pyridine rings is 1. The molecule has 3 nitrogen and oxygen atoms in total. The molecule has 0 aliphatic heterocycles. The average molecular weight is 273 g/mol. The van der Waals surface area contributed by atoms with E-state index in [1.807, 2.05) is 31.2 Å². The molecule has 0 radical (unpaired) electrons. The van der Waals surface area contributed by atoms with Gasteiger partial charge in [0.25, 0.3) is 0 Å². The molecule has 0 amide bonds. The van der Waals surface area contributed by atoms with E-state index < -0.39 is 0 Å². The Morgan fingerprint density at radius 1 is 1.41 bits per heavy atom. The molecule has 0 fully saturated rings. The van der Waals surface area contributed by atoms with Crippen molar-refractivity contribution in [3.05, 3.63) is 53.2 Å². The summed E-state index contributed by atoms with van der Waals surface area (Å²) in [4.78, 5) is 4.02. The summed E-state index contributed by atoms with van der Waals surface area (Å²) in [6, 6.07) is 7.82. The van der Waals surface area contributed by atoms with E-state index in [9.17, 15) is 0 Å². The molecular weight excluding hydrogens is 259 g/mol. The van der Waals surface area contributed by atoms with E-state index in [2.05, 4.69) is 10.3 Å². The Bertz CT molecular complexity index is 446. The minimum absolute atomic E-state index is 0. The Morgan fingerprint density at radius 2 is 2.24 bits per heavy atom. The van der Waals surface area contributed by atoms with Crippen LogP contribution in [0.4, 0.5) is 0 Å². The van der Waals surface area contributed by atoms with Crippen molar-refractivity contribution in [2.45, 2.75) is 19.5 Å². The van der Waals surface area contributed by atoms with E-state index >= 15 is 0 Å². The predicted molar refractivity (Wildman–Crippen MR) is 70.5 cm³/mol. The van der Waals surface area contributed by atoms with Gasteiger partial charge in [0.15, 0.2) is 0 Å². The summed E-state index contributed by atoms with van der Waals surface area (Å²) in [6.07, 6.45) is 3.35. The molecule has 0 saturated heterocycles. The molecule has 92 valence electrons. The summed E-state index contributed by atoms with van der Waals surface area (Å²) in [7, 11) is 0. The highest BCUT2D eigenvalue weighted by atomic mass is 35.5. The lowest BCUT2D eigenvalue weighted by molar-refractivity contribution is 0.430. The second kappa shape index (κ2) is 6.64. The number of nitrogens with zero attached hydrogens (tertiary/aromatic N) is 1. The maximum Gasteiger partial charge on any atom is 0.133 e. The largest absolute Gasteiger partial charge is 0.468 e. The zero-order valence-electron chi connectivity index (χ0n) is 9.39. The topological polar surface area (TPSA) is 38.1 Å². The van der Waals surface area contributed by atoms with Crippen LogP contribution in [0.2, 0.25) is 5.15 Å². The van der Waals surface area contributed by atoms with Crippen LogP contribution in [0.3, 0.4) is 0 Å². The monoisotopic (exact) mass is 272 g/mol. The van der Waals surface area contributed by atoms with Crippen LogP contribution < -0.4 is 5.32 Å². The fourth-order valence-corrected chi connectivity index (χ4v) is 1.64. The lowest BCUT2D eigenvalue weighted by Crippen LogP contribution is -2.17. The van der Waals surface area contributed by atoms with Gasteiger partial charge >= 0.3 is 0 Å². The average Bonchev–Trinajstić information content (AvgIpc) is 2.81. The number of hydrogen-bond acceptors (Lipinski definition) is 3. The van der Waals surface area contributed by atoms with Gasteiger partial charge in [-0.1, -0.05) is 17.7 Å². The van der Waals surface area contributed by atoms with Crippen molar-refractivity contribution in [2.75, 3.05) is 0 Å². The van der Waals surface area contributed by atoms with E-state index in [1.165, 1.54) is 0 Å². The number of aromatic nitrogens is 1. The highest BCUT2D eigenvalue weighted by Crippen LogP contribution is 2.15. The van der Waals surface area contributed by atoms with Gasteiger partial charge in [-0.15, -0.1) is 12.4 Å². The first-order valence-electron chi connectivity index (χ1n) is 5.13. The van der Waals surface area contributed by atoms with E-state index in [-0.39, 0.29) is 18.4 Å². The zero-order valence-corrected chi connectivity index (χ0v) is 11.0. The van der Waals surface area contributed by atoms with Crippen LogP contribution in [-0.2, 0) is 6.54 Å². The molecule has 0 aliphatic rings. The maximum absolute atomic E-state index is 5.96. The van der Waals surface area contributed by atoms with Crippen LogP contribution in [0.1, 0.15) is 24.3 Å². The van der Waals surface area contributed by atoms with E-state index in [0.29, 0.717) is 11.7 Å². The molecule has 1 unspecified atom stereocenters. The number of nitrogens with one attached hydrogen (secondary N) is 1. The molecule has 0 saturated carbocycles. The third-order valence-corrected chi connectivity index (χ3v) is 2.75. The summed E-state index contributed by atoms with van der Waals surface area (Å²) >= 11 is 5.96. The first-order valence-corrected chi connectivity index (χ1v) is 5.51. The zero-order chi connectivity index (χ0) is 11.4. The van der Waals surface area contributed by atoms with Crippen LogP contribution >= 0.6 is 24.0 Å². The second-order valence-electron chi connectivity index (χ2n) is 3.57. The van der Waals surface area contributed by atoms with Crippen molar-refractivity contribution in [1.82, 2.24) is 10.3 Å². The lowest BCUT2D eigenvalue weighted by atomic mass is 10.2. The van der Waals surface area contributed by atoms with Crippen LogP contribution in [-0.4, -0.2) is 4.98 Å². The molecule has 0 bridgehead atoms. The molecule has 17 heavy (non-hydrogen) atoms. The van der Waals surface area contributed by atoms with Crippen molar-refractivity contribution in [2.24, 2.45) is 0 Å². The number of halogens is 2. The van der Waals surface area contributed by atoms with Crippen molar-refractivity contribution < 1.29 is 4.42 Å². The highest BCUT2D eigenvalue weighted by molar-refractivity contribution is 6.30. The second-order valence-corrected chi connectivity index (χ2v) is 3.93. The van der Waals surface area contributed by atoms with E-state index in [0.717, 1.165) is 11.3 Å². The van der Waals surface area contributed by atoms with Gasteiger partial charge in [0.05, 0.1) is 12.3 Å². The van der Waals surface area contributed by atoms with Gasteiger partial charge in [-0.3, -0.25) is 0 Å². The number of furan rings is 1. The summed E-state index contributed by atoms with van der Waals surface area (Å²) in [6.45, 7) is 2.72. The molecule has 0 spiro atoms. The van der Waals surface area contributed by atoms with Gasteiger partial charge in [0.1, 0.15) is 10.9 Å². The first-order chi connectivity index (χ1) is 7.77. The fraction of sp³-hybridized carbons (Fsp3) is 0.250. The van der Waals surface area contributed by atoms with Gasteiger partial charge in [-0.25, -0.2) is 4.98 Å². The number of rotatable bonds is 4. The van der Waals surface area contributed by atoms with E-state index in [1.54, 1.807) is 12.5 Å². The summed E-state index contributed by atoms with van der Waals surface area (Å²) in [5.74, 6) is 0.917. The van der Waals surface area contributed by atoms with Crippen LogP contribution in [0.5, 0.6) is 0 Å². The van der Waals surface area contributed by atoms with Crippen molar-refractivity contribution in [3.63, 3.8) is 0 Å². The minimum Gasteiger partial charge on any atom is -0.468 e. The Hall–Kier alpha value is -1.03.